The van der Waals surface area contributed by atoms with Crippen LogP contribution < -0.4 is 4.74 Å². The van der Waals surface area contributed by atoms with E-state index in [-0.39, 0.29) is 18.4 Å². The topological polar surface area (TPSA) is 101 Å². The Morgan fingerprint density at radius 2 is 1.82 bits per heavy atom. The van der Waals surface area contributed by atoms with Crippen molar-refractivity contribution in [2.45, 2.75) is 38.2 Å². The molecule has 1 fully saturated rings. The van der Waals surface area contributed by atoms with Crippen molar-refractivity contribution in [3.05, 3.63) is 59.9 Å². The van der Waals surface area contributed by atoms with Crippen LogP contribution in [0.25, 0.3) is 33.5 Å². The Morgan fingerprint density at radius 3 is 2.52 bits per heavy atom. The summed E-state index contributed by atoms with van der Waals surface area (Å²) in [5, 5.41) is 9.53. The molecule has 0 amide bonds. The van der Waals surface area contributed by atoms with E-state index in [1.165, 1.54) is 0 Å². The van der Waals surface area contributed by atoms with Gasteiger partial charge >= 0.3 is 12.0 Å². The standard InChI is InChI=1S/C25H23ClN4O3/c26-20-12-16(7-10-19(20)24-29-21-3-1-2-4-22(21)30-24)17-13-27-25(28-14-17)33-18-8-5-15(6-9-18)11-23(31)32/h1-4,7,10,12-15,18H,5-6,8-9,11H2,(H,29,30)(H,31,32)/t15-,18+. The first-order valence-electron chi connectivity index (χ1n) is 11.0. The Morgan fingerprint density at radius 1 is 1.06 bits per heavy atom. The van der Waals surface area contributed by atoms with E-state index >= 15 is 0 Å². The van der Waals surface area contributed by atoms with Crippen molar-refractivity contribution in [3.63, 3.8) is 0 Å². The third-order valence-electron chi connectivity index (χ3n) is 6.10. The smallest absolute Gasteiger partial charge is 0.316 e. The molecule has 0 spiro atoms. The predicted molar refractivity (Wildman–Crippen MR) is 126 cm³/mol. The Kier molecular flexibility index (Phi) is 5.96. The van der Waals surface area contributed by atoms with Gasteiger partial charge in [-0.2, -0.15) is 0 Å². The molecule has 168 valence electrons. The predicted octanol–water partition coefficient (Wildman–Crippen LogP) is 5.75. The number of nitrogens with one attached hydrogen (secondary N) is 1. The highest BCUT2D eigenvalue weighted by atomic mass is 35.5. The van der Waals surface area contributed by atoms with Gasteiger partial charge in [-0.3, -0.25) is 4.79 Å². The second-order valence-corrected chi connectivity index (χ2v) is 8.82. The number of ether oxygens (including phenoxy) is 1. The summed E-state index contributed by atoms with van der Waals surface area (Å²) in [6.07, 6.45) is 7.06. The fourth-order valence-electron chi connectivity index (χ4n) is 4.34. The summed E-state index contributed by atoms with van der Waals surface area (Å²) in [4.78, 5) is 27.5. The summed E-state index contributed by atoms with van der Waals surface area (Å²) in [5.74, 6) is 0.229. The van der Waals surface area contributed by atoms with Gasteiger partial charge in [0.15, 0.2) is 0 Å². The van der Waals surface area contributed by atoms with Crippen molar-refractivity contribution < 1.29 is 14.6 Å². The summed E-state index contributed by atoms with van der Waals surface area (Å²) in [6, 6.07) is 14.0. The van der Waals surface area contributed by atoms with Gasteiger partial charge in [-0.15, -0.1) is 0 Å². The van der Waals surface area contributed by atoms with Crippen molar-refractivity contribution in [3.8, 4) is 28.5 Å². The first-order chi connectivity index (χ1) is 16.0. The van der Waals surface area contributed by atoms with Gasteiger partial charge in [-0.25, -0.2) is 15.0 Å². The van der Waals surface area contributed by atoms with E-state index in [2.05, 4.69) is 19.9 Å². The third kappa shape index (κ3) is 4.83. The fraction of sp³-hybridized carbons (Fsp3) is 0.280. The average Bonchev–Trinajstić information content (AvgIpc) is 3.24. The molecule has 0 radical (unpaired) electrons. The molecule has 1 saturated carbocycles. The summed E-state index contributed by atoms with van der Waals surface area (Å²) in [5.41, 5.74) is 4.43. The number of imidazole rings is 1. The minimum absolute atomic E-state index is 0.0263. The molecule has 0 atom stereocenters. The van der Waals surface area contributed by atoms with Gasteiger partial charge in [0.1, 0.15) is 11.9 Å². The van der Waals surface area contributed by atoms with Crippen LogP contribution in [0.1, 0.15) is 32.1 Å². The second-order valence-electron chi connectivity index (χ2n) is 8.41. The number of aromatic amines is 1. The van der Waals surface area contributed by atoms with E-state index in [1.807, 2.05) is 42.5 Å². The van der Waals surface area contributed by atoms with Gasteiger partial charge in [0.05, 0.1) is 16.1 Å². The normalized spacial score (nSPS) is 18.3. The van der Waals surface area contributed by atoms with Crippen LogP contribution >= 0.6 is 11.6 Å². The molecular formula is C25H23ClN4O3. The zero-order valence-electron chi connectivity index (χ0n) is 17.9. The maximum absolute atomic E-state index is 10.9. The molecule has 1 aliphatic rings. The third-order valence-corrected chi connectivity index (χ3v) is 6.42. The molecule has 7 nitrogen and oxygen atoms in total. The van der Waals surface area contributed by atoms with E-state index in [0.29, 0.717) is 11.0 Å². The van der Waals surface area contributed by atoms with Crippen LogP contribution in [0.4, 0.5) is 0 Å². The first kappa shape index (κ1) is 21.4. The largest absolute Gasteiger partial charge is 0.481 e. The molecule has 2 aromatic heterocycles. The van der Waals surface area contributed by atoms with Crippen LogP contribution in [0.2, 0.25) is 5.02 Å². The van der Waals surface area contributed by atoms with E-state index in [1.54, 1.807) is 12.4 Å². The van der Waals surface area contributed by atoms with E-state index in [0.717, 1.165) is 59.2 Å². The number of fused-ring (bicyclic) bond motifs is 1. The maximum atomic E-state index is 10.9. The number of para-hydroxylation sites is 2. The molecule has 4 aromatic rings. The SMILES string of the molecule is O=C(O)C[C@H]1CC[C@@H](Oc2ncc(-c3ccc(-c4nc5ccccc5[nH]4)c(Cl)c3)cn2)CC1. The van der Waals surface area contributed by atoms with Crippen molar-refractivity contribution in [2.24, 2.45) is 5.92 Å². The lowest BCUT2D eigenvalue weighted by Crippen LogP contribution is -2.25. The molecule has 0 bridgehead atoms. The number of nitrogens with zero attached hydrogens (tertiary/aromatic N) is 3. The number of hydrogen-bond donors (Lipinski definition) is 2. The van der Waals surface area contributed by atoms with Gasteiger partial charge in [0.2, 0.25) is 0 Å². The Labute approximate surface area is 195 Å². The van der Waals surface area contributed by atoms with Gasteiger partial charge in [0.25, 0.3) is 0 Å². The number of carbonyl (C=O) groups is 1. The lowest BCUT2D eigenvalue weighted by atomic mass is 9.85. The van der Waals surface area contributed by atoms with Crippen molar-refractivity contribution in [2.75, 3.05) is 0 Å². The molecule has 8 heteroatoms. The fourth-order valence-corrected chi connectivity index (χ4v) is 4.61. The van der Waals surface area contributed by atoms with Crippen molar-refractivity contribution >= 4 is 28.6 Å². The highest BCUT2D eigenvalue weighted by Gasteiger charge is 2.24. The molecule has 5 rings (SSSR count). The van der Waals surface area contributed by atoms with Crippen LogP contribution in [0.3, 0.4) is 0 Å². The maximum Gasteiger partial charge on any atom is 0.316 e. The summed E-state index contributed by atoms with van der Waals surface area (Å²) < 4.78 is 5.92. The van der Waals surface area contributed by atoms with Crippen LogP contribution in [0, 0.1) is 5.92 Å². The van der Waals surface area contributed by atoms with Gasteiger partial charge in [-0.05, 0) is 61.4 Å². The molecule has 1 aliphatic carbocycles. The Balaban J connectivity index is 1.25. The zero-order valence-corrected chi connectivity index (χ0v) is 18.6. The lowest BCUT2D eigenvalue weighted by molar-refractivity contribution is -0.138. The minimum Gasteiger partial charge on any atom is -0.481 e. The highest BCUT2D eigenvalue weighted by Crippen LogP contribution is 2.32. The lowest BCUT2D eigenvalue weighted by Gasteiger charge is -2.27. The van der Waals surface area contributed by atoms with Crippen LogP contribution in [-0.2, 0) is 4.79 Å². The van der Waals surface area contributed by atoms with Crippen molar-refractivity contribution in [1.82, 2.24) is 19.9 Å². The number of H-pyrrole nitrogens is 1. The monoisotopic (exact) mass is 462 g/mol. The van der Waals surface area contributed by atoms with E-state index in [4.69, 9.17) is 21.4 Å². The average molecular weight is 463 g/mol. The van der Waals surface area contributed by atoms with Crippen LogP contribution in [0.5, 0.6) is 6.01 Å². The molecule has 0 saturated heterocycles. The number of benzene rings is 2. The van der Waals surface area contributed by atoms with E-state index < -0.39 is 5.97 Å². The van der Waals surface area contributed by atoms with Gasteiger partial charge < -0.3 is 14.8 Å². The van der Waals surface area contributed by atoms with Crippen molar-refractivity contribution in [1.29, 1.82) is 0 Å². The summed E-state index contributed by atoms with van der Waals surface area (Å²) in [6.45, 7) is 0. The molecular weight excluding hydrogens is 440 g/mol. The van der Waals surface area contributed by atoms with Gasteiger partial charge in [0, 0.05) is 29.9 Å². The quantitative estimate of drug-likeness (QED) is 0.378. The number of carboxylic acid groups (broad SMARTS) is 1. The number of carboxylic acids is 1. The molecule has 33 heavy (non-hydrogen) atoms. The Hall–Kier alpha value is -3.45. The molecule has 0 aliphatic heterocycles. The molecule has 2 aromatic carbocycles. The minimum atomic E-state index is -0.732. The van der Waals surface area contributed by atoms with Crippen LogP contribution in [0.15, 0.2) is 54.9 Å². The Bertz CT molecular complexity index is 1250. The molecule has 0 unspecified atom stereocenters. The highest BCUT2D eigenvalue weighted by molar-refractivity contribution is 6.33. The zero-order chi connectivity index (χ0) is 22.8. The van der Waals surface area contributed by atoms with Crippen LogP contribution in [-0.4, -0.2) is 37.1 Å². The van der Waals surface area contributed by atoms with E-state index in [9.17, 15) is 4.79 Å². The van der Waals surface area contributed by atoms with Gasteiger partial charge in [-0.1, -0.05) is 29.8 Å². The first-order valence-corrected chi connectivity index (χ1v) is 11.4. The molecule has 2 heterocycles. The summed E-state index contributed by atoms with van der Waals surface area (Å²) >= 11 is 6.58. The number of aliphatic carboxylic acids is 1. The number of rotatable bonds is 6. The molecule has 2 N–H and O–H groups in total. The second kappa shape index (κ2) is 9.19. The number of halogens is 1. The number of aromatic nitrogens is 4. The number of hydrogen-bond acceptors (Lipinski definition) is 5. The summed E-state index contributed by atoms with van der Waals surface area (Å²) in [7, 11) is 0.